The molecular formula is C17H22. The molecule has 0 amide bonds. The lowest BCUT2D eigenvalue weighted by molar-refractivity contribution is 1.09. The summed E-state index contributed by atoms with van der Waals surface area (Å²) in [6, 6.07) is 17.0. The first-order valence-electron chi connectivity index (χ1n) is 6.32. The minimum Gasteiger partial charge on any atom is -0.0656 e. The summed E-state index contributed by atoms with van der Waals surface area (Å²) in [5, 5.41) is 0. The topological polar surface area (TPSA) is 0 Å². The van der Waals surface area contributed by atoms with E-state index in [2.05, 4.69) is 76.2 Å². The van der Waals surface area contributed by atoms with Gasteiger partial charge in [-0.1, -0.05) is 68.8 Å². The number of aryl methyl sites for hydroxylation is 2. The van der Waals surface area contributed by atoms with Crippen LogP contribution in [0.1, 0.15) is 31.4 Å². The van der Waals surface area contributed by atoms with Gasteiger partial charge < -0.3 is 0 Å². The molecule has 0 N–H and O–H groups in total. The van der Waals surface area contributed by atoms with Gasteiger partial charge in [0.25, 0.3) is 0 Å². The van der Waals surface area contributed by atoms with Gasteiger partial charge >= 0.3 is 0 Å². The summed E-state index contributed by atoms with van der Waals surface area (Å²) < 4.78 is 0. The Hall–Kier alpha value is -1.56. The van der Waals surface area contributed by atoms with E-state index in [1.165, 1.54) is 28.7 Å². The Morgan fingerprint density at radius 3 is 1.24 bits per heavy atom. The van der Waals surface area contributed by atoms with Gasteiger partial charge in [-0.25, -0.2) is 0 Å². The molecule has 2 rings (SSSR count). The standard InChI is InChI=1S/C14H14.C3H8/c1-11-7-3-5-9-13(11)14-10-6-4-8-12(14)2;1-3-2/h3-10H,1-2H3;3H2,1-2H3. The van der Waals surface area contributed by atoms with Gasteiger partial charge in [0.1, 0.15) is 0 Å². The van der Waals surface area contributed by atoms with Crippen molar-refractivity contribution in [2.45, 2.75) is 34.1 Å². The van der Waals surface area contributed by atoms with E-state index < -0.39 is 0 Å². The predicted octanol–water partition coefficient (Wildman–Crippen LogP) is 5.39. The summed E-state index contributed by atoms with van der Waals surface area (Å²) >= 11 is 0. The lowest BCUT2D eigenvalue weighted by Crippen LogP contribution is -1.85. The zero-order valence-electron chi connectivity index (χ0n) is 11.3. The van der Waals surface area contributed by atoms with Gasteiger partial charge in [-0.05, 0) is 36.1 Å². The molecule has 0 nitrogen and oxygen atoms in total. The second-order valence-electron chi connectivity index (χ2n) is 4.34. The Morgan fingerprint density at radius 1 is 0.647 bits per heavy atom. The number of benzene rings is 2. The Morgan fingerprint density at radius 2 is 0.941 bits per heavy atom. The highest BCUT2D eigenvalue weighted by Crippen LogP contribution is 2.25. The summed E-state index contributed by atoms with van der Waals surface area (Å²) in [7, 11) is 0. The van der Waals surface area contributed by atoms with Crippen molar-refractivity contribution in [1.82, 2.24) is 0 Å². The highest BCUT2D eigenvalue weighted by atomic mass is 14.1. The molecule has 0 aliphatic heterocycles. The van der Waals surface area contributed by atoms with Crippen LogP contribution in [-0.4, -0.2) is 0 Å². The molecule has 17 heavy (non-hydrogen) atoms. The van der Waals surface area contributed by atoms with Crippen molar-refractivity contribution in [3.63, 3.8) is 0 Å². The normalized spacial score (nSPS) is 9.41. The molecule has 2 aromatic carbocycles. The average Bonchev–Trinajstić information content (AvgIpc) is 2.32. The van der Waals surface area contributed by atoms with Gasteiger partial charge in [0.2, 0.25) is 0 Å². The molecule has 0 radical (unpaired) electrons. The van der Waals surface area contributed by atoms with E-state index in [0.29, 0.717) is 0 Å². The van der Waals surface area contributed by atoms with Crippen molar-refractivity contribution in [1.29, 1.82) is 0 Å². The molecule has 0 bridgehead atoms. The van der Waals surface area contributed by atoms with E-state index in [1.54, 1.807) is 0 Å². The maximum atomic E-state index is 2.18. The Balaban J connectivity index is 0.000000437. The minimum atomic E-state index is 1.25. The fourth-order valence-corrected chi connectivity index (χ4v) is 1.75. The minimum absolute atomic E-state index is 1.25. The van der Waals surface area contributed by atoms with Crippen LogP contribution >= 0.6 is 0 Å². The van der Waals surface area contributed by atoms with Gasteiger partial charge in [-0.2, -0.15) is 0 Å². The fourth-order valence-electron chi connectivity index (χ4n) is 1.75. The highest BCUT2D eigenvalue weighted by molar-refractivity contribution is 5.70. The first-order valence-corrected chi connectivity index (χ1v) is 6.32. The average molecular weight is 226 g/mol. The van der Waals surface area contributed by atoms with Crippen LogP contribution in [0.4, 0.5) is 0 Å². The fraction of sp³-hybridized carbons (Fsp3) is 0.294. The first-order chi connectivity index (χ1) is 8.20. The van der Waals surface area contributed by atoms with E-state index >= 15 is 0 Å². The third-order valence-corrected chi connectivity index (χ3v) is 2.58. The number of rotatable bonds is 1. The molecular weight excluding hydrogens is 204 g/mol. The SMILES string of the molecule is CCC.Cc1ccccc1-c1ccccc1C. The van der Waals surface area contributed by atoms with Crippen LogP contribution in [0.25, 0.3) is 11.1 Å². The quantitative estimate of drug-likeness (QED) is 0.612. The molecule has 0 spiro atoms. The molecule has 0 unspecified atom stereocenters. The second kappa shape index (κ2) is 6.90. The molecule has 0 aliphatic rings. The van der Waals surface area contributed by atoms with Crippen LogP contribution in [0, 0.1) is 13.8 Å². The number of hydrogen-bond acceptors (Lipinski definition) is 0. The monoisotopic (exact) mass is 226 g/mol. The van der Waals surface area contributed by atoms with E-state index in [4.69, 9.17) is 0 Å². The van der Waals surface area contributed by atoms with Crippen molar-refractivity contribution in [3.8, 4) is 11.1 Å². The largest absolute Gasteiger partial charge is 0.0656 e. The molecule has 0 fully saturated rings. The molecule has 90 valence electrons. The molecule has 0 heterocycles. The maximum Gasteiger partial charge on any atom is -0.0152 e. The van der Waals surface area contributed by atoms with Crippen LogP contribution in [-0.2, 0) is 0 Å². The van der Waals surface area contributed by atoms with E-state index in [0.717, 1.165) is 0 Å². The van der Waals surface area contributed by atoms with Crippen LogP contribution in [0.5, 0.6) is 0 Å². The number of hydrogen-bond donors (Lipinski definition) is 0. The molecule has 0 saturated carbocycles. The zero-order chi connectivity index (χ0) is 12.7. The van der Waals surface area contributed by atoms with Gasteiger partial charge in [0.05, 0.1) is 0 Å². The Kier molecular flexibility index (Phi) is 5.48. The molecule has 0 heteroatoms. The van der Waals surface area contributed by atoms with Crippen molar-refractivity contribution in [2.24, 2.45) is 0 Å². The summed E-state index contributed by atoms with van der Waals surface area (Å²) in [5.41, 5.74) is 5.35. The first kappa shape index (κ1) is 13.5. The summed E-state index contributed by atoms with van der Waals surface area (Å²) in [5.74, 6) is 0. The van der Waals surface area contributed by atoms with Crippen LogP contribution in [0.3, 0.4) is 0 Å². The van der Waals surface area contributed by atoms with Gasteiger partial charge in [-0.15, -0.1) is 0 Å². The lowest BCUT2D eigenvalue weighted by atomic mass is 9.97. The van der Waals surface area contributed by atoms with E-state index in [9.17, 15) is 0 Å². The molecule has 0 saturated heterocycles. The lowest BCUT2D eigenvalue weighted by Gasteiger charge is -2.08. The third kappa shape index (κ3) is 3.74. The third-order valence-electron chi connectivity index (χ3n) is 2.58. The molecule has 0 atom stereocenters. The van der Waals surface area contributed by atoms with Crippen LogP contribution in [0.15, 0.2) is 48.5 Å². The predicted molar refractivity (Wildman–Crippen MR) is 77.3 cm³/mol. The molecule has 0 aliphatic carbocycles. The van der Waals surface area contributed by atoms with Crippen molar-refractivity contribution < 1.29 is 0 Å². The second-order valence-corrected chi connectivity index (χ2v) is 4.34. The highest BCUT2D eigenvalue weighted by Gasteiger charge is 2.02. The van der Waals surface area contributed by atoms with Crippen molar-refractivity contribution in [3.05, 3.63) is 59.7 Å². The van der Waals surface area contributed by atoms with E-state index in [-0.39, 0.29) is 0 Å². The Bertz CT molecular complexity index is 412. The smallest absolute Gasteiger partial charge is 0.0152 e. The summed E-state index contributed by atoms with van der Waals surface area (Å²) in [6.07, 6.45) is 1.25. The van der Waals surface area contributed by atoms with Gasteiger partial charge in [0, 0.05) is 0 Å². The summed E-state index contributed by atoms with van der Waals surface area (Å²) in [4.78, 5) is 0. The zero-order valence-corrected chi connectivity index (χ0v) is 11.3. The van der Waals surface area contributed by atoms with Crippen molar-refractivity contribution >= 4 is 0 Å². The van der Waals surface area contributed by atoms with Crippen molar-refractivity contribution in [2.75, 3.05) is 0 Å². The van der Waals surface area contributed by atoms with Gasteiger partial charge in [-0.3, -0.25) is 0 Å². The maximum absolute atomic E-state index is 2.18. The van der Waals surface area contributed by atoms with Crippen LogP contribution in [0.2, 0.25) is 0 Å². The molecule has 0 aromatic heterocycles. The van der Waals surface area contributed by atoms with E-state index in [1.807, 2.05) is 0 Å². The van der Waals surface area contributed by atoms with Gasteiger partial charge in [0.15, 0.2) is 0 Å². The molecule has 2 aromatic rings. The Labute approximate surface area is 105 Å². The van der Waals surface area contributed by atoms with Crippen LogP contribution < -0.4 is 0 Å². The summed E-state index contributed by atoms with van der Waals surface area (Å²) in [6.45, 7) is 8.56.